The van der Waals surface area contributed by atoms with Gasteiger partial charge in [-0.2, -0.15) is 5.26 Å². The normalized spacial score (nSPS) is 11.2. The molecule has 0 unspecified atom stereocenters. The van der Waals surface area contributed by atoms with Crippen molar-refractivity contribution >= 4 is 23.6 Å². The Morgan fingerprint density at radius 1 is 1.00 bits per heavy atom. The van der Waals surface area contributed by atoms with Gasteiger partial charge in [-0.05, 0) is 61.2 Å². The van der Waals surface area contributed by atoms with E-state index in [0.717, 1.165) is 5.56 Å². The Morgan fingerprint density at radius 3 is 2.11 bits per heavy atom. The van der Waals surface area contributed by atoms with E-state index in [2.05, 4.69) is 19.2 Å². The molecule has 144 valence electrons. The summed E-state index contributed by atoms with van der Waals surface area (Å²) in [7, 11) is 0. The number of esters is 1. The Labute approximate surface area is 165 Å². The number of carbonyl (C=O) groups excluding carboxylic acids is 2. The average molecular weight is 376 g/mol. The molecule has 0 fully saturated rings. The van der Waals surface area contributed by atoms with Gasteiger partial charge in [0.2, 0.25) is 0 Å². The first-order valence-corrected chi connectivity index (χ1v) is 9.14. The van der Waals surface area contributed by atoms with Gasteiger partial charge in [0.05, 0.1) is 11.7 Å². The van der Waals surface area contributed by atoms with Crippen LogP contribution in [-0.2, 0) is 9.53 Å². The Kier molecular flexibility index (Phi) is 7.11. The summed E-state index contributed by atoms with van der Waals surface area (Å²) < 4.78 is 5.12. The van der Waals surface area contributed by atoms with Gasteiger partial charge in [-0.3, -0.25) is 4.79 Å². The van der Waals surface area contributed by atoms with Crippen LogP contribution in [-0.4, -0.2) is 18.0 Å². The Balaban J connectivity index is 2.09. The second-order valence-electron chi connectivity index (χ2n) is 6.98. The van der Waals surface area contributed by atoms with E-state index in [0.29, 0.717) is 17.2 Å². The highest BCUT2D eigenvalue weighted by molar-refractivity contribution is 6.09. The molecule has 2 aromatic rings. The van der Waals surface area contributed by atoms with Crippen molar-refractivity contribution < 1.29 is 14.3 Å². The van der Waals surface area contributed by atoms with E-state index < -0.39 is 11.9 Å². The highest BCUT2D eigenvalue weighted by atomic mass is 16.5. The maximum Gasteiger partial charge on any atom is 0.338 e. The van der Waals surface area contributed by atoms with E-state index in [4.69, 9.17) is 4.74 Å². The summed E-state index contributed by atoms with van der Waals surface area (Å²) in [6, 6.07) is 16.0. The molecule has 0 aliphatic rings. The smallest absolute Gasteiger partial charge is 0.338 e. The largest absolute Gasteiger partial charge is 0.459 e. The number of hydrogen-bond donors (Lipinski definition) is 1. The molecule has 2 aromatic carbocycles. The number of nitrogens with zero attached hydrogens (tertiary/aromatic N) is 1. The van der Waals surface area contributed by atoms with E-state index in [1.807, 2.05) is 30.3 Å². The molecule has 0 bridgehead atoms. The highest BCUT2D eigenvalue weighted by Gasteiger charge is 2.12. The number of hydrogen-bond acceptors (Lipinski definition) is 4. The minimum absolute atomic E-state index is 0.000547. The van der Waals surface area contributed by atoms with Crippen LogP contribution in [0.15, 0.2) is 54.1 Å². The van der Waals surface area contributed by atoms with Crippen molar-refractivity contribution in [3.8, 4) is 6.07 Å². The number of ether oxygens (including phenoxy) is 1. The molecule has 0 atom stereocenters. The van der Waals surface area contributed by atoms with Crippen molar-refractivity contribution in [1.82, 2.24) is 0 Å². The number of rotatable bonds is 6. The first-order chi connectivity index (χ1) is 13.3. The maximum absolute atomic E-state index is 12.4. The van der Waals surface area contributed by atoms with Gasteiger partial charge in [0.15, 0.2) is 0 Å². The van der Waals surface area contributed by atoms with Crippen LogP contribution in [0, 0.1) is 11.3 Å². The molecule has 0 radical (unpaired) electrons. The minimum Gasteiger partial charge on any atom is -0.459 e. The quantitative estimate of drug-likeness (QED) is 0.441. The number of carbonyl (C=O) groups is 2. The first kappa shape index (κ1) is 20.9. The van der Waals surface area contributed by atoms with Gasteiger partial charge in [0.25, 0.3) is 5.91 Å². The molecule has 0 spiro atoms. The van der Waals surface area contributed by atoms with Crippen molar-refractivity contribution in [2.24, 2.45) is 0 Å². The van der Waals surface area contributed by atoms with Crippen LogP contribution in [0.4, 0.5) is 5.69 Å². The molecule has 0 saturated carbocycles. The fraction of sp³-hybridized carbons (Fsp3) is 0.261. The van der Waals surface area contributed by atoms with Crippen LogP contribution in [0.3, 0.4) is 0 Å². The third kappa shape index (κ3) is 5.82. The predicted molar refractivity (Wildman–Crippen MR) is 110 cm³/mol. The fourth-order valence-corrected chi connectivity index (χ4v) is 2.46. The molecule has 1 N–H and O–H groups in total. The standard InChI is InChI=1S/C23H24N2O3/c1-15(2)18-7-5-17(6-8-18)13-20(14-24)22(26)25-21-11-9-19(10-12-21)23(27)28-16(3)4/h5-13,15-16H,1-4H3,(H,25,26)/b20-13+. The Bertz CT molecular complexity index is 902. The summed E-state index contributed by atoms with van der Waals surface area (Å²) in [5.41, 5.74) is 2.86. The van der Waals surface area contributed by atoms with Crippen LogP contribution in [0.2, 0.25) is 0 Å². The van der Waals surface area contributed by atoms with Gasteiger partial charge >= 0.3 is 5.97 Å². The van der Waals surface area contributed by atoms with E-state index in [9.17, 15) is 14.9 Å². The third-order valence-electron chi connectivity index (χ3n) is 4.00. The molecule has 0 heterocycles. The third-order valence-corrected chi connectivity index (χ3v) is 4.00. The summed E-state index contributed by atoms with van der Waals surface area (Å²) in [6.07, 6.45) is 1.35. The average Bonchev–Trinajstić information content (AvgIpc) is 2.66. The lowest BCUT2D eigenvalue weighted by molar-refractivity contribution is -0.112. The van der Waals surface area contributed by atoms with Crippen LogP contribution in [0.25, 0.3) is 6.08 Å². The highest BCUT2D eigenvalue weighted by Crippen LogP contribution is 2.17. The lowest BCUT2D eigenvalue weighted by atomic mass is 10.0. The lowest BCUT2D eigenvalue weighted by Crippen LogP contribution is -2.14. The maximum atomic E-state index is 12.4. The zero-order chi connectivity index (χ0) is 20.7. The summed E-state index contributed by atoms with van der Waals surface area (Å²) in [6.45, 7) is 7.76. The zero-order valence-corrected chi connectivity index (χ0v) is 16.5. The monoisotopic (exact) mass is 376 g/mol. The molecule has 5 heteroatoms. The van der Waals surface area contributed by atoms with E-state index in [-0.39, 0.29) is 11.7 Å². The number of anilines is 1. The van der Waals surface area contributed by atoms with Gasteiger partial charge in [-0.15, -0.1) is 0 Å². The molecule has 1 amide bonds. The van der Waals surface area contributed by atoms with E-state index >= 15 is 0 Å². The van der Waals surface area contributed by atoms with Crippen molar-refractivity contribution in [2.45, 2.75) is 39.7 Å². The zero-order valence-electron chi connectivity index (χ0n) is 16.5. The fourth-order valence-electron chi connectivity index (χ4n) is 2.46. The predicted octanol–water partition coefficient (Wildman–Crippen LogP) is 4.92. The first-order valence-electron chi connectivity index (χ1n) is 9.14. The molecule has 5 nitrogen and oxygen atoms in total. The molecule has 0 aromatic heterocycles. The van der Waals surface area contributed by atoms with Crippen molar-refractivity contribution in [1.29, 1.82) is 5.26 Å². The van der Waals surface area contributed by atoms with Crippen LogP contribution in [0.1, 0.15) is 55.1 Å². The number of nitriles is 1. The molecule has 2 rings (SSSR count). The Hall–Kier alpha value is -3.39. The van der Waals surface area contributed by atoms with Gasteiger partial charge in [0, 0.05) is 5.69 Å². The van der Waals surface area contributed by atoms with Gasteiger partial charge in [-0.25, -0.2) is 4.79 Å². The van der Waals surface area contributed by atoms with Crippen molar-refractivity contribution in [3.05, 3.63) is 70.8 Å². The molecule has 0 aliphatic heterocycles. The Morgan fingerprint density at radius 2 is 1.61 bits per heavy atom. The summed E-state index contributed by atoms with van der Waals surface area (Å²) in [5.74, 6) is -0.513. The van der Waals surface area contributed by atoms with Gasteiger partial charge in [-0.1, -0.05) is 38.1 Å². The second-order valence-corrected chi connectivity index (χ2v) is 6.98. The van der Waals surface area contributed by atoms with Crippen LogP contribution in [0.5, 0.6) is 0 Å². The second kappa shape index (κ2) is 9.52. The summed E-state index contributed by atoms with van der Waals surface area (Å²) in [5, 5.41) is 12.0. The van der Waals surface area contributed by atoms with Crippen LogP contribution < -0.4 is 5.32 Å². The van der Waals surface area contributed by atoms with Crippen molar-refractivity contribution in [3.63, 3.8) is 0 Å². The number of nitrogens with one attached hydrogen (secondary N) is 1. The molecular weight excluding hydrogens is 352 g/mol. The van der Waals surface area contributed by atoms with Crippen LogP contribution >= 0.6 is 0 Å². The lowest BCUT2D eigenvalue weighted by Gasteiger charge is -2.09. The summed E-state index contributed by atoms with van der Waals surface area (Å²) in [4.78, 5) is 24.2. The van der Waals surface area contributed by atoms with E-state index in [1.54, 1.807) is 44.2 Å². The summed E-state index contributed by atoms with van der Waals surface area (Å²) >= 11 is 0. The molecular formula is C23H24N2O3. The molecule has 0 aliphatic carbocycles. The van der Waals surface area contributed by atoms with Gasteiger partial charge < -0.3 is 10.1 Å². The topological polar surface area (TPSA) is 79.2 Å². The number of amides is 1. The molecule has 28 heavy (non-hydrogen) atoms. The van der Waals surface area contributed by atoms with Crippen molar-refractivity contribution in [2.75, 3.05) is 5.32 Å². The molecule has 0 saturated heterocycles. The van der Waals surface area contributed by atoms with Gasteiger partial charge in [0.1, 0.15) is 11.6 Å². The number of benzene rings is 2. The minimum atomic E-state index is -0.507. The van der Waals surface area contributed by atoms with E-state index in [1.165, 1.54) is 5.56 Å². The SMILES string of the molecule is CC(C)OC(=O)c1ccc(NC(=O)/C(C#N)=C/c2ccc(C(C)C)cc2)cc1.